The van der Waals surface area contributed by atoms with Crippen LogP contribution in [0.25, 0.3) is 10.9 Å². The van der Waals surface area contributed by atoms with Gasteiger partial charge < -0.3 is 20.2 Å². The lowest BCUT2D eigenvalue weighted by atomic mass is 10.1. The summed E-state index contributed by atoms with van der Waals surface area (Å²) in [5.74, 6) is -6.30. The molecule has 48 heavy (non-hydrogen) atoms. The van der Waals surface area contributed by atoms with Crippen LogP contribution in [-0.2, 0) is 30.8 Å². The minimum absolute atomic E-state index is 0.0415. The summed E-state index contributed by atoms with van der Waals surface area (Å²) < 4.78 is 125. The summed E-state index contributed by atoms with van der Waals surface area (Å²) in [5, 5.41) is 25.2. The van der Waals surface area contributed by atoms with E-state index in [2.05, 4.69) is 4.98 Å². The summed E-state index contributed by atoms with van der Waals surface area (Å²) >= 11 is 0. The molecular formula is C26H20F9N3O9S. The standard InChI is InChI=1S/C22H18F3N3O5S.2C2HF3O2/c1-13(29)19-20(30)28(15-6-8-16(9-7-15)34(32,33)22(23,24)25)21(31)27(19)12-14-10-11-26-18-5-3-2-4-17(14)18;2*3-2(4,5)1(6)7/h2-11,13,19,29H,12H2,1H3;2*(H,6,7)/t13-,19?;;/m1../s1. The van der Waals surface area contributed by atoms with Gasteiger partial charge in [0.25, 0.3) is 15.7 Å². The number of nitrogens with zero attached hydrogens (tertiary/aromatic N) is 3. The molecule has 1 aliphatic rings. The zero-order valence-electron chi connectivity index (χ0n) is 23.6. The first-order chi connectivity index (χ1) is 21.8. The summed E-state index contributed by atoms with van der Waals surface area (Å²) in [6.07, 6.45) is -9.87. The molecule has 3 aromatic rings. The van der Waals surface area contributed by atoms with Gasteiger partial charge in [-0.2, -0.15) is 39.5 Å². The van der Waals surface area contributed by atoms with E-state index < -0.39 is 68.6 Å². The number of alkyl halides is 9. The molecular weight excluding hydrogens is 701 g/mol. The number of halogens is 9. The van der Waals surface area contributed by atoms with E-state index in [1.165, 1.54) is 6.92 Å². The van der Waals surface area contributed by atoms with Gasteiger partial charge in [-0.25, -0.2) is 27.7 Å². The Morgan fingerprint density at radius 1 is 0.854 bits per heavy atom. The first-order valence-electron chi connectivity index (χ1n) is 12.5. The average molecular weight is 722 g/mol. The van der Waals surface area contributed by atoms with Crippen LogP contribution in [0.5, 0.6) is 0 Å². The van der Waals surface area contributed by atoms with Crippen LogP contribution in [0.3, 0.4) is 0 Å². The van der Waals surface area contributed by atoms with Crippen molar-refractivity contribution in [2.75, 3.05) is 4.90 Å². The Hall–Kier alpha value is -4.99. The fourth-order valence-electron chi connectivity index (χ4n) is 3.86. The number of fused-ring (bicyclic) bond motifs is 1. The third-order valence-electron chi connectivity index (χ3n) is 5.98. The summed E-state index contributed by atoms with van der Waals surface area (Å²) in [5.41, 5.74) is -4.27. The number of para-hydroxylation sites is 1. The monoisotopic (exact) mass is 721 g/mol. The Kier molecular flexibility index (Phi) is 11.8. The van der Waals surface area contributed by atoms with Crippen molar-refractivity contribution in [2.24, 2.45) is 0 Å². The Morgan fingerprint density at radius 2 is 1.33 bits per heavy atom. The SMILES string of the molecule is C[C@@H](O)C1C(=O)N(c2ccc(S(=O)(=O)C(F)(F)F)cc2)C(=O)N1Cc1ccnc2ccccc12.O=C(O)C(F)(F)F.O=C(O)C(F)(F)F. The largest absolute Gasteiger partial charge is 0.501 e. The zero-order valence-corrected chi connectivity index (χ0v) is 24.4. The van der Waals surface area contributed by atoms with Crippen LogP contribution in [0.15, 0.2) is 65.7 Å². The normalized spacial score (nSPS) is 16.1. The van der Waals surface area contributed by atoms with Gasteiger partial charge in [-0.05, 0) is 48.9 Å². The van der Waals surface area contributed by atoms with Crippen molar-refractivity contribution in [1.29, 1.82) is 0 Å². The van der Waals surface area contributed by atoms with Crippen LogP contribution in [0.2, 0.25) is 0 Å². The molecule has 3 amide bonds. The minimum Gasteiger partial charge on any atom is -0.475 e. The van der Waals surface area contributed by atoms with Crippen LogP contribution in [0.4, 0.5) is 50.0 Å². The maximum Gasteiger partial charge on any atom is 0.501 e. The number of carboxylic acid groups (broad SMARTS) is 2. The fraction of sp³-hybridized carbons (Fsp3) is 0.269. The summed E-state index contributed by atoms with van der Waals surface area (Å²) in [6, 6.07) is 10.0. The molecule has 2 heterocycles. The van der Waals surface area contributed by atoms with Gasteiger partial charge in [-0.15, -0.1) is 0 Å². The van der Waals surface area contributed by atoms with E-state index in [0.717, 1.165) is 22.4 Å². The predicted octanol–water partition coefficient (Wildman–Crippen LogP) is 4.51. The van der Waals surface area contributed by atoms with Crippen LogP contribution < -0.4 is 4.90 Å². The molecule has 2 atom stereocenters. The highest BCUT2D eigenvalue weighted by Gasteiger charge is 2.49. The number of rotatable bonds is 5. The highest BCUT2D eigenvalue weighted by Crippen LogP contribution is 2.34. The summed E-state index contributed by atoms with van der Waals surface area (Å²) in [7, 11) is -5.58. The molecule has 1 saturated heterocycles. The van der Waals surface area contributed by atoms with Gasteiger partial charge in [0.2, 0.25) is 0 Å². The molecule has 1 aliphatic heterocycles. The highest BCUT2D eigenvalue weighted by molar-refractivity contribution is 7.92. The van der Waals surface area contributed by atoms with Crippen LogP contribution in [0, 0.1) is 0 Å². The van der Waals surface area contributed by atoms with E-state index >= 15 is 0 Å². The van der Waals surface area contributed by atoms with Crippen molar-refractivity contribution in [3.63, 3.8) is 0 Å². The molecule has 0 aliphatic carbocycles. The second kappa shape index (κ2) is 14.4. The van der Waals surface area contributed by atoms with Crippen molar-refractivity contribution in [3.8, 4) is 0 Å². The Morgan fingerprint density at radius 3 is 1.77 bits per heavy atom. The van der Waals surface area contributed by atoms with Gasteiger partial charge in [-0.3, -0.25) is 9.78 Å². The van der Waals surface area contributed by atoms with E-state index in [1.54, 1.807) is 36.5 Å². The van der Waals surface area contributed by atoms with Crippen LogP contribution >= 0.6 is 0 Å². The van der Waals surface area contributed by atoms with Gasteiger partial charge in [0, 0.05) is 18.1 Å². The Balaban J connectivity index is 0.000000479. The molecule has 0 spiro atoms. The second-order valence-electron chi connectivity index (χ2n) is 9.31. The number of aliphatic hydroxyl groups is 1. The lowest BCUT2D eigenvalue weighted by Crippen LogP contribution is -2.42. The molecule has 2 aromatic carbocycles. The summed E-state index contributed by atoms with van der Waals surface area (Å²) in [4.78, 5) is 49.2. The lowest BCUT2D eigenvalue weighted by Gasteiger charge is -2.24. The average Bonchev–Trinajstić information content (AvgIpc) is 3.21. The smallest absolute Gasteiger partial charge is 0.475 e. The number of sulfone groups is 1. The number of carbonyl (C=O) groups is 4. The lowest BCUT2D eigenvalue weighted by molar-refractivity contribution is -0.193. The van der Waals surface area contributed by atoms with Crippen molar-refractivity contribution in [3.05, 3.63) is 66.4 Å². The predicted molar refractivity (Wildman–Crippen MR) is 143 cm³/mol. The van der Waals surface area contributed by atoms with Gasteiger partial charge in [0.1, 0.15) is 6.04 Å². The second-order valence-corrected chi connectivity index (χ2v) is 11.2. The number of imide groups is 1. The molecule has 1 aromatic heterocycles. The van der Waals surface area contributed by atoms with Crippen molar-refractivity contribution >= 4 is 50.3 Å². The Bertz CT molecular complexity index is 1750. The number of aliphatic hydroxyl groups excluding tert-OH is 1. The number of aromatic nitrogens is 1. The molecule has 0 radical (unpaired) electrons. The van der Waals surface area contributed by atoms with Crippen molar-refractivity contribution in [2.45, 2.75) is 48.4 Å². The first kappa shape index (κ1) is 39.2. The first-order valence-corrected chi connectivity index (χ1v) is 14.0. The number of aliphatic carboxylic acids is 2. The summed E-state index contributed by atoms with van der Waals surface area (Å²) in [6.45, 7) is 1.30. The number of carboxylic acids is 2. The number of pyridine rings is 1. The van der Waals surface area contributed by atoms with Gasteiger partial charge in [0.15, 0.2) is 0 Å². The van der Waals surface area contributed by atoms with Crippen molar-refractivity contribution in [1.82, 2.24) is 9.88 Å². The van der Waals surface area contributed by atoms with E-state index in [-0.39, 0.29) is 12.2 Å². The molecule has 0 bridgehead atoms. The number of hydrogen-bond acceptors (Lipinski definition) is 8. The number of hydrogen-bond donors (Lipinski definition) is 3. The third kappa shape index (κ3) is 9.08. The van der Waals surface area contributed by atoms with Crippen LogP contribution in [0.1, 0.15) is 12.5 Å². The van der Waals surface area contributed by atoms with E-state index in [1.807, 2.05) is 0 Å². The fourth-order valence-corrected chi connectivity index (χ4v) is 4.62. The van der Waals surface area contributed by atoms with E-state index in [4.69, 9.17) is 19.8 Å². The molecule has 22 heteroatoms. The van der Waals surface area contributed by atoms with Crippen molar-refractivity contribution < 1.29 is 82.4 Å². The number of amides is 3. The number of carbonyl (C=O) groups excluding carboxylic acids is 2. The quantitative estimate of drug-likeness (QED) is 0.250. The molecule has 262 valence electrons. The van der Waals surface area contributed by atoms with E-state index in [0.29, 0.717) is 28.1 Å². The number of benzene rings is 2. The van der Waals surface area contributed by atoms with Gasteiger partial charge >= 0.3 is 35.8 Å². The number of urea groups is 1. The molecule has 1 unspecified atom stereocenters. The topological polar surface area (TPSA) is 182 Å². The van der Waals surface area contributed by atoms with Gasteiger partial charge in [0.05, 0.1) is 22.2 Å². The Labute approximate surface area is 262 Å². The maximum atomic E-state index is 13.2. The molecule has 3 N–H and O–H groups in total. The number of anilines is 1. The molecule has 12 nitrogen and oxygen atoms in total. The highest BCUT2D eigenvalue weighted by atomic mass is 32.2. The zero-order chi connectivity index (χ0) is 37.0. The van der Waals surface area contributed by atoms with Crippen LogP contribution in [-0.4, -0.2) is 87.5 Å². The molecule has 0 saturated carbocycles. The maximum absolute atomic E-state index is 13.2. The third-order valence-corrected chi connectivity index (χ3v) is 7.48. The molecule has 4 rings (SSSR count). The van der Waals surface area contributed by atoms with Gasteiger partial charge in [-0.1, -0.05) is 18.2 Å². The van der Waals surface area contributed by atoms with E-state index in [9.17, 15) is 62.6 Å². The minimum atomic E-state index is -5.58. The molecule has 1 fully saturated rings.